The van der Waals surface area contributed by atoms with Gasteiger partial charge in [-0.2, -0.15) is 5.10 Å². The van der Waals surface area contributed by atoms with E-state index in [0.29, 0.717) is 0 Å². The fourth-order valence-corrected chi connectivity index (χ4v) is 1.91. The first-order valence-corrected chi connectivity index (χ1v) is 6.09. The van der Waals surface area contributed by atoms with Crippen molar-refractivity contribution in [3.8, 4) is 0 Å². The number of hydrogen-bond donors (Lipinski definition) is 2. The molecule has 1 aromatic heterocycles. The number of carbonyl (C=O) groups excluding carboxylic acids is 1. The highest BCUT2D eigenvalue weighted by Gasteiger charge is 2.14. The van der Waals surface area contributed by atoms with Crippen molar-refractivity contribution in [1.82, 2.24) is 15.5 Å². The topological polar surface area (TPSA) is 57.8 Å². The molecule has 1 amide bonds. The van der Waals surface area contributed by atoms with Gasteiger partial charge >= 0.3 is 0 Å². The second-order valence-electron chi connectivity index (χ2n) is 4.24. The van der Waals surface area contributed by atoms with Crippen LogP contribution in [0.3, 0.4) is 0 Å². The summed E-state index contributed by atoms with van der Waals surface area (Å²) in [6.07, 6.45) is 4.36. The van der Waals surface area contributed by atoms with E-state index in [9.17, 15) is 4.79 Å². The first-order valence-electron chi connectivity index (χ1n) is 6.09. The number of amides is 1. The number of aromatic nitrogens is 2. The lowest BCUT2D eigenvalue weighted by Crippen LogP contribution is -2.27. The molecule has 0 saturated carbocycles. The summed E-state index contributed by atoms with van der Waals surface area (Å²) in [7, 11) is 0. The van der Waals surface area contributed by atoms with Crippen molar-refractivity contribution in [2.75, 3.05) is 0 Å². The highest BCUT2D eigenvalue weighted by molar-refractivity contribution is 5.95. The largest absolute Gasteiger partial charge is 0.345 e. The van der Waals surface area contributed by atoms with Crippen molar-refractivity contribution in [2.45, 2.75) is 26.3 Å². The van der Waals surface area contributed by atoms with E-state index in [1.165, 1.54) is 0 Å². The maximum absolute atomic E-state index is 12.2. The third-order valence-electron chi connectivity index (χ3n) is 3.01. The normalized spacial score (nSPS) is 12.1. The molecule has 0 aliphatic rings. The molecule has 2 N–H and O–H groups in total. The van der Waals surface area contributed by atoms with Gasteiger partial charge in [0.25, 0.3) is 5.91 Å². The smallest absolute Gasteiger partial charge is 0.252 e. The molecule has 4 nitrogen and oxygen atoms in total. The van der Waals surface area contributed by atoms with E-state index >= 15 is 0 Å². The summed E-state index contributed by atoms with van der Waals surface area (Å²) in [6, 6.07) is 7.63. The molecule has 1 aromatic carbocycles. The van der Waals surface area contributed by atoms with E-state index in [2.05, 4.69) is 15.5 Å². The maximum Gasteiger partial charge on any atom is 0.252 e. The van der Waals surface area contributed by atoms with Crippen LogP contribution in [-0.2, 0) is 6.42 Å². The molecule has 1 heterocycles. The van der Waals surface area contributed by atoms with Crippen LogP contribution in [0.4, 0.5) is 0 Å². The van der Waals surface area contributed by atoms with E-state index in [-0.39, 0.29) is 11.9 Å². The van der Waals surface area contributed by atoms with Gasteiger partial charge in [0.05, 0.1) is 12.2 Å². The molecule has 18 heavy (non-hydrogen) atoms. The van der Waals surface area contributed by atoms with Crippen molar-refractivity contribution in [3.63, 3.8) is 0 Å². The Morgan fingerprint density at radius 2 is 2.22 bits per heavy atom. The molecule has 94 valence electrons. The summed E-state index contributed by atoms with van der Waals surface area (Å²) >= 11 is 0. The van der Waals surface area contributed by atoms with Crippen molar-refractivity contribution in [2.24, 2.45) is 0 Å². The van der Waals surface area contributed by atoms with Gasteiger partial charge in [0.1, 0.15) is 0 Å². The molecule has 0 radical (unpaired) electrons. The minimum atomic E-state index is -0.0545. The Labute approximate surface area is 106 Å². The van der Waals surface area contributed by atoms with E-state index < -0.39 is 0 Å². The Morgan fingerprint density at radius 1 is 1.44 bits per heavy atom. The molecule has 0 aliphatic carbocycles. The second-order valence-corrected chi connectivity index (χ2v) is 4.24. The molecule has 4 heteroatoms. The molecule has 0 fully saturated rings. The van der Waals surface area contributed by atoms with Crippen LogP contribution in [0.25, 0.3) is 0 Å². The average molecular weight is 243 g/mol. The van der Waals surface area contributed by atoms with Crippen molar-refractivity contribution in [3.05, 3.63) is 53.3 Å². The lowest BCUT2D eigenvalue weighted by atomic mass is 10.0. The molecular weight excluding hydrogens is 226 g/mol. The quantitative estimate of drug-likeness (QED) is 0.866. The zero-order valence-electron chi connectivity index (χ0n) is 10.6. The molecule has 2 rings (SSSR count). The number of benzene rings is 1. The third kappa shape index (κ3) is 2.59. The third-order valence-corrected chi connectivity index (χ3v) is 3.01. The fraction of sp³-hybridized carbons (Fsp3) is 0.286. The molecule has 1 unspecified atom stereocenters. The number of nitrogens with one attached hydrogen (secondary N) is 2. The van der Waals surface area contributed by atoms with Gasteiger partial charge in [-0.1, -0.05) is 25.1 Å². The SMILES string of the molecule is CCc1ccccc1C(=O)NC(C)c1cn[nH]c1. The van der Waals surface area contributed by atoms with Gasteiger partial charge in [-0.25, -0.2) is 0 Å². The first-order chi connectivity index (χ1) is 8.72. The van der Waals surface area contributed by atoms with Crippen LogP contribution in [0.5, 0.6) is 0 Å². The zero-order chi connectivity index (χ0) is 13.0. The van der Waals surface area contributed by atoms with Crippen molar-refractivity contribution < 1.29 is 4.79 Å². The monoisotopic (exact) mass is 243 g/mol. The van der Waals surface area contributed by atoms with E-state index in [1.807, 2.05) is 38.1 Å². The second kappa shape index (κ2) is 5.49. The summed E-state index contributed by atoms with van der Waals surface area (Å²) in [5.41, 5.74) is 2.78. The van der Waals surface area contributed by atoms with Crippen molar-refractivity contribution >= 4 is 5.91 Å². The lowest BCUT2D eigenvalue weighted by molar-refractivity contribution is 0.0939. The van der Waals surface area contributed by atoms with Crippen LogP contribution in [-0.4, -0.2) is 16.1 Å². The minimum Gasteiger partial charge on any atom is -0.345 e. The molecule has 2 aromatic rings. The van der Waals surface area contributed by atoms with Crippen molar-refractivity contribution in [1.29, 1.82) is 0 Å². The Kier molecular flexibility index (Phi) is 3.77. The number of hydrogen-bond acceptors (Lipinski definition) is 2. The van der Waals surface area contributed by atoms with Gasteiger partial charge in [0.2, 0.25) is 0 Å². The van der Waals surface area contributed by atoms with Crippen LogP contribution >= 0.6 is 0 Å². The molecular formula is C14H17N3O. The first kappa shape index (κ1) is 12.4. The lowest BCUT2D eigenvalue weighted by Gasteiger charge is -2.13. The minimum absolute atomic E-state index is 0.0406. The Hall–Kier alpha value is -2.10. The van der Waals surface area contributed by atoms with E-state index in [0.717, 1.165) is 23.1 Å². The maximum atomic E-state index is 12.2. The predicted molar refractivity (Wildman–Crippen MR) is 70.3 cm³/mol. The van der Waals surface area contributed by atoms with Gasteiger partial charge in [0.15, 0.2) is 0 Å². The van der Waals surface area contributed by atoms with Crippen LogP contribution in [0, 0.1) is 0 Å². The summed E-state index contributed by atoms with van der Waals surface area (Å²) in [4.78, 5) is 12.2. The standard InChI is InChI=1S/C14H17N3O/c1-3-11-6-4-5-7-13(11)14(18)17-10(2)12-8-15-16-9-12/h4-10H,3H2,1-2H3,(H,15,16)(H,17,18). The van der Waals surface area contributed by atoms with E-state index in [1.54, 1.807) is 12.4 Å². The van der Waals surface area contributed by atoms with Gasteiger partial charge in [-0.15, -0.1) is 0 Å². The zero-order valence-corrected chi connectivity index (χ0v) is 10.6. The number of aryl methyl sites for hydroxylation is 1. The predicted octanol–water partition coefficient (Wildman–Crippen LogP) is 2.46. The number of rotatable bonds is 4. The molecule has 0 saturated heterocycles. The molecule has 1 atom stereocenters. The number of carbonyl (C=O) groups is 1. The van der Waals surface area contributed by atoms with Crippen LogP contribution in [0.1, 0.15) is 41.4 Å². The molecule has 0 aliphatic heterocycles. The van der Waals surface area contributed by atoms with E-state index in [4.69, 9.17) is 0 Å². The summed E-state index contributed by atoms with van der Waals surface area (Å²) in [6.45, 7) is 3.99. The van der Waals surface area contributed by atoms with Gasteiger partial charge in [0, 0.05) is 17.3 Å². The Bertz CT molecular complexity index is 520. The number of nitrogens with zero attached hydrogens (tertiary/aromatic N) is 1. The average Bonchev–Trinajstić information content (AvgIpc) is 2.92. The number of aromatic amines is 1. The van der Waals surface area contributed by atoms with Gasteiger partial charge in [-0.3, -0.25) is 9.89 Å². The summed E-state index contributed by atoms with van der Waals surface area (Å²) in [5, 5.41) is 9.60. The highest BCUT2D eigenvalue weighted by atomic mass is 16.1. The summed E-state index contributed by atoms with van der Waals surface area (Å²) < 4.78 is 0. The summed E-state index contributed by atoms with van der Waals surface area (Å²) in [5.74, 6) is -0.0406. The fourth-order valence-electron chi connectivity index (χ4n) is 1.91. The highest BCUT2D eigenvalue weighted by Crippen LogP contribution is 2.13. The van der Waals surface area contributed by atoms with Gasteiger partial charge < -0.3 is 5.32 Å². The van der Waals surface area contributed by atoms with Crippen LogP contribution in [0.2, 0.25) is 0 Å². The number of H-pyrrole nitrogens is 1. The van der Waals surface area contributed by atoms with Gasteiger partial charge in [-0.05, 0) is 25.0 Å². The molecule has 0 spiro atoms. The Balaban J connectivity index is 2.12. The Morgan fingerprint density at radius 3 is 2.89 bits per heavy atom. The van der Waals surface area contributed by atoms with Crippen LogP contribution in [0.15, 0.2) is 36.7 Å². The van der Waals surface area contributed by atoms with Crippen LogP contribution < -0.4 is 5.32 Å². The molecule has 0 bridgehead atoms.